The average molecular weight is 411 g/mol. The summed E-state index contributed by atoms with van der Waals surface area (Å²) in [7, 11) is 0. The molecule has 28 heavy (non-hydrogen) atoms. The van der Waals surface area contributed by atoms with E-state index in [1.807, 2.05) is 32.9 Å². The molecule has 3 atom stereocenters. The Morgan fingerprint density at radius 3 is 2.36 bits per heavy atom. The standard InChI is InChI=1S/C21H31ClN2O4/c1-13-9-16(22)7-8-17(13)21(27)14(2)11-24(12-15(21)3)18(25)10-23-19(26)28-20(4,5)6/h7-9,14-15,27H,10-12H2,1-6H3,(H,23,26)/t14-,15+,21-. The van der Waals surface area contributed by atoms with Crippen molar-refractivity contribution >= 4 is 23.6 Å². The predicted molar refractivity (Wildman–Crippen MR) is 109 cm³/mol. The molecule has 0 aromatic heterocycles. The number of piperidine rings is 1. The number of rotatable bonds is 3. The van der Waals surface area contributed by atoms with Crippen LogP contribution >= 0.6 is 11.6 Å². The summed E-state index contributed by atoms with van der Waals surface area (Å²) in [6, 6.07) is 5.49. The van der Waals surface area contributed by atoms with Crippen LogP contribution in [0.3, 0.4) is 0 Å². The fraction of sp³-hybridized carbons (Fsp3) is 0.619. The molecule has 0 unspecified atom stereocenters. The van der Waals surface area contributed by atoms with Crippen LogP contribution < -0.4 is 5.32 Å². The average Bonchev–Trinajstić information content (AvgIpc) is 2.55. The number of amides is 2. The maximum absolute atomic E-state index is 12.6. The maximum atomic E-state index is 12.6. The lowest BCUT2D eigenvalue weighted by Crippen LogP contribution is -2.57. The SMILES string of the molecule is Cc1cc(Cl)ccc1[C@@]1(O)[C@H](C)CN(C(=O)CNC(=O)OC(C)(C)C)C[C@@H]1C. The third-order valence-corrected chi connectivity index (χ3v) is 5.48. The Kier molecular flexibility index (Phi) is 6.66. The maximum Gasteiger partial charge on any atom is 0.408 e. The second kappa shape index (κ2) is 8.29. The Morgan fingerprint density at radius 1 is 1.29 bits per heavy atom. The van der Waals surface area contributed by atoms with E-state index in [-0.39, 0.29) is 24.3 Å². The summed E-state index contributed by atoms with van der Waals surface area (Å²) >= 11 is 6.06. The van der Waals surface area contributed by atoms with E-state index in [1.165, 1.54) is 0 Å². The van der Waals surface area contributed by atoms with E-state index >= 15 is 0 Å². The largest absolute Gasteiger partial charge is 0.444 e. The molecule has 1 aliphatic heterocycles. The number of likely N-dealkylation sites (tertiary alicyclic amines) is 1. The van der Waals surface area contributed by atoms with Crippen LogP contribution in [0.2, 0.25) is 5.02 Å². The first-order valence-electron chi connectivity index (χ1n) is 9.58. The van der Waals surface area contributed by atoms with Gasteiger partial charge in [0.2, 0.25) is 5.91 Å². The molecule has 0 bridgehead atoms. The summed E-state index contributed by atoms with van der Waals surface area (Å²) in [5.41, 5.74) is 0.106. The van der Waals surface area contributed by atoms with Gasteiger partial charge < -0.3 is 20.1 Å². The summed E-state index contributed by atoms with van der Waals surface area (Å²) in [5.74, 6) is -0.553. The molecule has 2 amide bonds. The number of carbonyl (C=O) groups excluding carboxylic acids is 2. The lowest BCUT2D eigenvalue weighted by atomic mass is 9.69. The smallest absolute Gasteiger partial charge is 0.408 e. The zero-order valence-corrected chi connectivity index (χ0v) is 18.3. The molecule has 7 heteroatoms. The highest BCUT2D eigenvalue weighted by Gasteiger charge is 2.47. The van der Waals surface area contributed by atoms with E-state index in [0.29, 0.717) is 18.1 Å². The van der Waals surface area contributed by atoms with Crippen LogP contribution in [-0.4, -0.2) is 47.2 Å². The first kappa shape index (κ1) is 22.5. The van der Waals surface area contributed by atoms with Crippen molar-refractivity contribution in [1.29, 1.82) is 0 Å². The number of nitrogens with one attached hydrogen (secondary N) is 1. The molecule has 1 aliphatic rings. The summed E-state index contributed by atoms with van der Waals surface area (Å²) in [5, 5.41) is 14.7. The molecule has 2 N–H and O–H groups in total. The number of aryl methyl sites for hydroxylation is 1. The number of alkyl carbamates (subject to hydrolysis) is 1. The van der Waals surface area contributed by atoms with Crippen molar-refractivity contribution in [2.45, 2.75) is 52.7 Å². The van der Waals surface area contributed by atoms with Gasteiger partial charge in [0.25, 0.3) is 0 Å². The van der Waals surface area contributed by atoms with Crippen molar-refractivity contribution < 1.29 is 19.4 Å². The quantitative estimate of drug-likeness (QED) is 0.799. The fourth-order valence-corrected chi connectivity index (χ4v) is 4.11. The van der Waals surface area contributed by atoms with E-state index in [9.17, 15) is 14.7 Å². The van der Waals surface area contributed by atoms with Gasteiger partial charge in [-0.25, -0.2) is 4.79 Å². The number of nitrogens with zero attached hydrogens (tertiary/aromatic N) is 1. The van der Waals surface area contributed by atoms with Gasteiger partial charge in [-0.3, -0.25) is 4.79 Å². The number of halogens is 1. The van der Waals surface area contributed by atoms with E-state index < -0.39 is 17.3 Å². The van der Waals surface area contributed by atoms with Crippen LogP contribution in [0.15, 0.2) is 18.2 Å². The molecule has 6 nitrogen and oxygen atoms in total. The van der Waals surface area contributed by atoms with E-state index in [1.54, 1.807) is 31.7 Å². The monoisotopic (exact) mass is 410 g/mol. The summed E-state index contributed by atoms with van der Waals surface area (Å²) in [6.07, 6.45) is -0.618. The number of carbonyl (C=O) groups is 2. The van der Waals surface area contributed by atoms with Crippen LogP contribution in [0.5, 0.6) is 0 Å². The molecule has 0 spiro atoms. The molecular weight excluding hydrogens is 380 g/mol. The predicted octanol–water partition coefficient (Wildman–Crippen LogP) is 3.48. The third-order valence-electron chi connectivity index (χ3n) is 5.25. The van der Waals surface area contributed by atoms with Gasteiger partial charge in [0.15, 0.2) is 0 Å². The van der Waals surface area contributed by atoms with Crippen molar-refractivity contribution in [2.24, 2.45) is 11.8 Å². The summed E-state index contributed by atoms with van der Waals surface area (Å²) in [4.78, 5) is 26.0. The van der Waals surface area contributed by atoms with Crippen LogP contribution in [0.25, 0.3) is 0 Å². The topological polar surface area (TPSA) is 78.9 Å². The van der Waals surface area contributed by atoms with Crippen molar-refractivity contribution in [3.8, 4) is 0 Å². The lowest BCUT2D eigenvalue weighted by Gasteiger charge is -2.48. The Bertz CT molecular complexity index is 732. The van der Waals surface area contributed by atoms with Gasteiger partial charge in [-0.2, -0.15) is 0 Å². The minimum absolute atomic E-state index is 0.132. The highest BCUT2D eigenvalue weighted by Crippen LogP contribution is 2.42. The third kappa shape index (κ3) is 4.97. The molecular formula is C21H31ClN2O4. The summed E-state index contributed by atoms with van der Waals surface area (Å²) in [6.45, 7) is 11.8. The Morgan fingerprint density at radius 2 is 1.86 bits per heavy atom. The Hall–Kier alpha value is -1.79. The van der Waals surface area contributed by atoms with Gasteiger partial charge in [-0.05, 0) is 51.0 Å². The van der Waals surface area contributed by atoms with Crippen molar-refractivity contribution in [3.05, 3.63) is 34.3 Å². The second-order valence-electron chi connectivity index (χ2n) is 8.74. The molecule has 0 saturated carbocycles. The van der Waals surface area contributed by atoms with Crippen molar-refractivity contribution in [3.63, 3.8) is 0 Å². The molecule has 1 aromatic carbocycles. The van der Waals surface area contributed by atoms with Crippen LogP contribution in [-0.2, 0) is 15.1 Å². The first-order chi connectivity index (χ1) is 12.8. The number of hydrogen-bond acceptors (Lipinski definition) is 4. The number of aliphatic hydroxyl groups is 1. The molecule has 1 saturated heterocycles. The van der Waals surface area contributed by atoms with Crippen LogP contribution in [0, 0.1) is 18.8 Å². The number of ether oxygens (including phenoxy) is 1. The normalized spacial score (nSPS) is 25.4. The van der Waals surface area contributed by atoms with Gasteiger partial charge in [0, 0.05) is 29.9 Å². The zero-order valence-electron chi connectivity index (χ0n) is 17.5. The minimum Gasteiger partial charge on any atom is -0.444 e. The van der Waals surface area contributed by atoms with Crippen LogP contribution in [0.4, 0.5) is 4.79 Å². The Labute approximate surface area is 172 Å². The van der Waals surface area contributed by atoms with E-state index in [0.717, 1.165) is 11.1 Å². The highest BCUT2D eigenvalue weighted by molar-refractivity contribution is 6.30. The van der Waals surface area contributed by atoms with E-state index in [2.05, 4.69) is 5.32 Å². The molecule has 156 valence electrons. The fourth-order valence-electron chi connectivity index (χ4n) is 3.88. The zero-order chi connectivity index (χ0) is 21.3. The minimum atomic E-state index is -1.05. The molecule has 0 radical (unpaired) electrons. The van der Waals surface area contributed by atoms with Crippen LogP contribution in [0.1, 0.15) is 45.7 Å². The molecule has 2 rings (SSSR count). The summed E-state index contributed by atoms with van der Waals surface area (Å²) < 4.78 is 5.16. The van der Waals surface area contributed by atoms with Gasteiger partial charge >= 0.3 is 6.09 Å². The molecule has 0 aliphatic carbocycles. The first-order valence-corrected chi connectivity index (χ1v) is 9.96. The molecule has 1 aromatic rings. The Balaban J connectivity index is 2.06. The number of benzene rings is 1. The van der Waals surface area contributed by atoms with Gasteiger partial charge in [-0.1, -0.05) is 31.5 Å². The van der Waals surface area contributed by atoms with E-state index in [4.69, 9.17) is 16.3 Å². The number of hydrogen-bond donors (Lipinski definition) is 2. The van der Waals surface area contributed by atoms with Crippen molar-refractivity contribution in [2.75, 3.05) is 19.6 Å². The lowest BCUT2D eigenvalue weighted by molar-refractivity contribution is -0.148. The molecule has 1 heterocycles. The van der Waals surface area contributed by atoms with Gasteiger partial charge in [-0.15, -0.1) is 0 Å². The van der Waals surface area contributed by atoms with Crippen molar-refractivity contribution in [1.82, 2.24) is 10.2 Å². The second-order valence-corrected chi connectivity index (χ2v) is 9.18. The highest BCUT2D eigenvalue weighted by atomic mass is 35.5. The van der Waals surface area contributed by atoms with Gasteiger partial charge in [0.05, 0.1) is 5.60 Å². The molecule has 1 fully saturated rings. The van der Waals surface area contributed by atoms with Gasteiger partial charge in [0.1, 0.15) is 12.1 Å².